The molecule has 0 saturated heterocycles. The average molecular weight is 231 g/mol. The molecule has 0 aliphatic heterocycles. The van der Waals surface area contributed by atoms with Gasteiger partial charge in [0.25, 0.3) is 0 Å². The van der Waals surface area contributed by atoms with Crippen LogP contribution in [0.2, 0.25) is 0 Å². The third-order valence-electron chi connectivity index (χ3n) is 2.16. The lowest BCUT2D eigenvalue weighted by Crippen LogP contribution is -2.48. The fourth-order valence-corrected chi connectivity index (χ4v) is 1.44. The molecule has 5 heteroatoms. The van der Waals surface area contributed by atoms with Gasteiger partial charge in [-0.05, 0) is 24.1 Å². The first-order chi connectivity index (χ1) is 8.02. The van der Waals surface area contributed by atoms with Gasteiger partial charge in [0.1, 0.15) is 0 Å². The van der Waals surface area contributed by atoms with Gasteiger partial charge in [0.05, 0.1) is 23.6 Å². The Morgan fingerprint density at radius 3 is 2.76 bits per heavy atom. The number of hydrogen-bond donors (Lipinski definition) is 1. The highest BCUT2D eigenvalue weighted by Crippen LogP contribution is 2.07. The van der Waals surface area contributed by atoms with Gasteiger partial charge in [-0.15, -0.1) is 0 Å². The second-order valence-corrected chi connectivity index (χ2v) is 3.59. The van der Waals surface area contributed by atoms with Gasteiger partial charge in [-0.3, -0.25) is 4.79 Å². The number of nitrogens with one attached hydrogen (secondary N) is 1. The summed E-state index contributed by atoms with van der Waals surface area (Å²) < 4.78 is 0. The molecular formula is C12H11N2O3-. The molecule has 0 radical (unpaired) electrons. The second kappa shape index (κ2) is 5.66. The summed E-state index contributed by atoms with van der Waals surface area (Å²) in [6, 6.07) is 7.43. The van der Waals surface area contributed by atoms with E-state index in [-0.39, 0.29) is 6.42 Å². The highest BCUT2D eigenvalue weighted by molar-refractivity contribution is 5.81. The number of carboxylic acid groups (broad SMARTS) is 1. The number of nitriles is 1. The Morgan fingerprint density at radius 2 is 2.24 bits per heavy atom. The standard InChI is InChI=1S/C12H12N2O3/c1-8(15)14-11(12(16)17)6-9-3-2-4-10(5-9)7-13/h2-5,11H,6H2,1H3,(H,14,15)(H,16,17)/p-1. The zero-order valence-corrected chi connectivity index (χ0v) is 9.27. The van der Waals surface area contributed by atoms with Gasteiger partial charge >= 0.3 is 0 Å². The van der Waals surface area contributed by atoms with Crippen LogP contribution in [0.25, 0.3) is 0 Å². The highest BCUT2D eigenvalue weighted by Gasteiger charge is 2.12. The highest BCUT2D eigenvalue weighted by atomic mass is 16.4. The number of amides is 1. The summed E-state index contributed by atoms with van der Waals surface area (Å²) in [5.74, 6) is -1.78. The van der Waals surface area contributed by atoms with Gasteiger partial charge < -0.3 is 15.2 Å². The second-order valence-electron chi connectivity index (χ2n) is 3.59. The first-order valence-electron chi connectivity index (χ1n) is 5.00. The fraction of sp³-hybridized carbons (Fsp3) is 0.250. The van der Waals surface area contributed by atoms with Crippen LogP contribution in [-0.4, -0.2) is 17.9 Å². The minimum Gasteiger partial charge on any atom is -0.548 e. The Morgan fingerprint density at radius 1 is 1.53 bits per heavy atom. The topological polar surface area (TPSA) is 93.0 Å². The van der Waals surface area contributed by atoms with Crippen LogP contribution in [-0.2, 0) is 16.0 Å². The van der Waals surface area contributed by atoms with E-state index in [1.54, 1.807) is 24.3 Å². The lowest BCUT2D eigenvalue weighted by Gasteiger charge is -2.18. The van der Waals surface area contributed by atoms with Crippen LogP contribution in [0.5, 0.6) is 0 Å². The molecule has 1 rings (SSSR count). The van der Waals surface area contributed by atoms with Crippen molar-refractivity contribution in [3.8, 4) is 6.07 Å². The summed E-state index contributed by atoms with van der Waals surface area (Å²) in [5, 5.41) is 21.8. The molecule has 1 amide bonds. The van der Waals surface area contributed by atoms with Crippen molar-refractivity contribution in [1.82, 2.24) is 5.32 Å². The van der Waals surface area contributed by atoms with Gasteiger partial charge in [0.15, 0.2) is 0 Å². The first-order valence-corrected chi connectivity index (χ1v) is 5.00. The third-order valence-corrected chi connectivity index (χ3v) is 2.16. The minimum atomic E-state index is -1.34. The van der Waals surface area contributed by atoms with Gasteiger partial charge in [-0.1, -0.05) is 12.1 Å². The van der Waals surface area contributed by atoms with E-state index in [0.717, 1.165) is 0 Å². The molecule has 0 aliphatic rings. The number of aliphatic carboxylic acids is 1. The van der Waals surface area contributed by atoms with Crippen molar-refractivity contribution in [3.05, 3.63) is 35.4 Å². The Hall–Kier alpha value is -2.35. The molecule has 5 nitrogen and oxygen atoms in total. The predicted molar refractivity (Wildman–Crippen MR) is 57.5 cm³/mol. The van der Waals surface area contributed by atoms with E-state index in [1.165, 1.54) is 6.92 Å². The monoisotopic (exact) mass is 231 g/mol. The SMILES string of the molecule is CC(=O)NC(Cc1cccc(C#N)c1)C(=O)[O-]. The molecule has 0 bridgehead atoms. The van der Waals surface area contributed by atoms with Crippen LogP contribution >= 0.6 is 0 Å². The summed E-state index contributed by atoms with van der Waals surface area (Å²) >= 11 is 0. The van der Waals surface area contributed by atoms with Crippen LogP contribution in [0, 0.1) is 11.3 Å². The van der Waals surface area contributed by atoms with Gasteiger partial charge in [-0.25, -0.2) is 0 Å². The molecule has 0 heterocycles. The molecule has 1 N–H and O–H groups in total. The van der Waals surface area contributed by atoms with Crippen molar-refractivity contribution >= 4 is 11.9 Å². The number of hydrogen-bond acceptors (Lipinski definition) is 4. The van der Waals surface area contributed by atoms with Crippen LogP contribution < -0.4 is 10.4 Å². The quantitative estimate of drug-likeness (QED) is 0.745. The van der Waals surface area contributed by atoms with Crippen molar-refractivity contribution in [3.63, 3.8) is 0 Å². The molecule has 17 heavy (non-hydrogen) atoms. The molecule has 1 aromatic rings. The van der Waals surface area contributed by atoms with E-state index in [9.17, 15) is 14.7 Å². The van der Waals surface area contributed by atoms with Crippen LogP contribution in [0.4, 0.5) is 0 Å². The number of carbonyl (C=O) groups is 2. The molecule has 0 aromatic heterocycles. The van der Waals surface area contributed by atoms with E-state index < -0.39 is 17.9 Å². The Labute approximate surface area is 98.7 Å². The zero-order valence-electron chi connectivity index (χ0n) is 9.27. The maximum absolute atomic E-state index is 10.8. The van der Waals surface area contributed by atoms with E-state index in [1.807, 2.05) is 6.07 Å². The van der Waals surface area contributed by atoms with Crippen molar-refractivity contribution in [1.29, 1.82) is 5.26 Å². The first kappa shape index (κ1) is 12.7. The fourth-order valence-electron chi connectivity index (χ4n) is 1.44. The number of nitrogens with zero attached hydrogens (tertiary/aromatic N) is 1. The molecule has 0 aliphatic carbocycles. The minimum absolute atomic E-state index is 0.0947. The number of carbonyl (C=O) groups excluding carboxylic acids is 2. The van der Waals surface area contributed by atoms with E-state index in [4.69, 9.17) is 5.26 Å². The lowest BCUT2D eigenvalue weighted by atomic mass is 10.0. The maximum Gasteiger partial charge on any atom is 0.217 e. The number of benzene rings is 1. The summed E-state index contributed by atoms with van der Waals surface area (Å²) in [5.41, 5.74) is 1.11. The van der Waals surface area contributed by atoms with Gasteiger partial charge in [0.2, 0.25) is 5.91 Å². The van der Waals surface area contributed by atoms with Crippen molar-refractivity contribution in [2.24, 2.45) is 0 Å². The van der Waals surface area contributed by atoms with Crippen molar-refractivity contribution < 1.29 is 14.7 Å². The Kier molecular flexibility index (Phi) is 4.23. The summed E-state index contributed by atoms with van der Waals surface area (Å²) in [6.07, 6.45) is 0.0947. The third kappa shape index (κ3) is 3.95. The van der Waals surface area contributed by atoms with E-state index in [2.05, 4.69) is 5.32 Å². The summed E-state index contributed by atoms with van der Waals surface area (Å²) in [6.45, 7) is 1.24. The van der Waals surface area contributed by atoms with Crippen molar-refractivity contribution in [2.45, 2.75) is 19.4 Å². The van der Waals surface area contributed by atoms with Crippen LogP contribution in [0.3, 0.4) is 0 Å². The molecule has 1 aromatic carbocycles. The zero-order chi connectivity index (χ0) is 12.8. The number of rotatable bonds is 4. The smallest absolute Gasteiger partial charge is 0.217 e. The average Bonchev–Trinajstić information content (AvgIpc) is 2.27. The maximum atomic E-state index is 10.8. The van der Waals surface area contributed by atoms with Crippen LogP contribution in [0.15, 0.2) is 24.3 Å². The normalized spacial score (nSPS) is 11.3. The van der Waals surface area contributed by atoms with Crippen molar-refractivity contribution in [2.75, 3.05) is 0 Å². The molecule has 0 saturated carbocycles. The molecule has 0 fully saturated rings. The molecule has 88 valence electrons. The lowest BCUT2D eigenvalue weighted by molar-refractivity contribution is -0.308. The summed E-state index contributed by atoms with van der Waals surface area (Å²) in [4.78, 5) is 21.6. The van der Waals surface area contributed by atoms with Gasteiger partial charge in [0, 0.05) is 6.92 Å². The molecular weight excluding hydrogens is 220 g/mol. The number of carboxylic acids is 1. The Balaban J connectivity index is 2.82. The van der Waals surface area contributed by atoms with Crippen LogP contribution in [0.1, 0.15) is 18.1 Å². The predicted octanol–water partition coefficient (Wildman–Crippen LogP) is -0.645. The largest absolute Gasteiger partial charge is 0.548 e. The Bertz CT molecular complexity index is 477. The summed E-state index contributed by atoms with van der Waals surface area (Å²) in [7, 11) is 0. The van der Waals surface area contributed by atoms with Gasteiger partial charge in [-0.2, -0.15) is 5.26 Å². The molecule has 1 atom stereocenters. The van der Waals surface area contributed by atoms with E-state index >= 15 is 0 Å². The van der Waals surface area contributed by atoms with E-state index in [0.29, 0.717) is 11.1 Å². The molecule has 1 unspecified atom stereocenters. The molecule has 0 spiro atoms.